The number of nitrogens with two attached hydrogens (primary N) is 1. The highest BCUT2D eigenvalue weighted by molar-refractivity contribution is 5.80. The fourth-order valence-electron chi connectivity index (χ4n) is 3.02. The van der Waals surface area contributed by atoms with Crippen molar-refractivity contribution in [1.29, 1.82) is 0 Å². The highest BCUT2D eigenvalue weighted by Crippen LogP contribution is 2.30. The van der Waals surface area contributed by atoms with E-state index in [4.69, 9.17) is 10.9 Å². The van der Waals surface area contributed by atoms with Crippen LogP contribution in [0.2, 0.25) is 0 Å². The molecule has 4 atom stereocenters. The molecule has 1 rings (SSSR count). The second-order valence-corrected chi connectivity index (χ2v) is 5.61. The predicted molar refractivity (Wildman–Crippen MR) is 71.2 cm³/mol. The number of piperidine rings is 1. The van der Waals surface area contributed by atoms with Crippen molar-refractivity contribution in [3.05, 3.63) is 0 Å². The molecule has 0 aromatic rings. The van der Waals surface area contributed by atoms with Crippen LogP contribution in [0, 0.1) is 11.8 Å². The van der Waals surface area contributed by atoms with Crippen molar-refractivity contribution in [3.8, 4) is 0 Å². The van der Waals surface area contributed by atoms with Crippen LogP contribution in [0.1, 0.15) is 47.0 Å². The van der Waals surface area contributed by atoms with E-state index in [2.05, 4.69) is 37.8 Å². The average Bonchev–Trinajstić information content (AvgIpc) is 2.30. The van der Waals surface area contributed by atoms with Crippen LogP contribution in [-0.4, -0.2) is 34.6 Å². The molecule has 3 N–H and O–H groups in total. The monoisotopic (exact) mass is 241 g/mol. The maximum absolute atomic E-state index is 8.69. The first-order valence-corrected chi connectivity index (χ1v) is 6.71. The van der Waals surface area contributed by atoms with E-state index in [9.17, 15) is 0 Å². The lowest BCUT2D eigenvalue weighted by Crippen LogP contribution is -2.51. The number of nitrogens with zero attached hydrogens (tertiary/aromatic N) is 2. The number of rotatable bonds is 4. The summed E-state index contributed by atoms with van der Waals surface area (Å²) in [6, 6.07) is 0.980. The zero-order valence-corrected chi connectivity index (χ0v) is 11.6. The van der Waals surface area contributed by atoms with Gasteiger partial charge in [-0.15, -0.1) is 0 Å². The maximum Gasteiger partial charge on any atom is 0.140 e. The van der Waals surface area contributed by atoms with Gasteiger partial charge in [0.25, 0.3) is 0 Å². The molecule has 0 saturated carbocycles. The predicted octanol–water partition coefficient (Wildman–Crippen LogP) is 2.27. The minimum Gasteiger partial charge on any atom is -0.409 e. The fourth-order valence-corrected chi connectivity index (χ4v) is 3.02. The van der Waals surface area contributed by atoms with E-state index < -0.39 is 0 Å². The molecule has 4 unspecified atom stereocenters. The Morgan fingerprint density at radius 1 is 1.47 bits per heavy atom. The maximum atomic E-state index is 8.69. The van der Waals surface area contributed by atoms with Crippen LogP contribution < -0.4 is 5.73 Å². The number of amidine groups is 1. The van der Waals surface area contributed by atoms with Crippen molar-refractivity contribution in [2.24, 2.45) is 22.7 Å². The molecule has 1 heterocycles. The van der Waals surface area contributed by atoms with Crippen LogP contribution in [0.25, 0.3) is 0 Å². The molecular formula is C13H27N3O. The summed E-state index contributed by atoms with van der Waals surface area (Å²) in [6.07, 6.45) is 3.01. The lowest BCUT2D eigenvalue weighted by Gasteiger charge is -2.45. The van der Waals surface area contributed by atoms with Gasteiger partial charge in [-0.2, -0.15) is 0 Å². The third kappa shape index (κ3) is 3.60. The Morgan fingerprint density at radius 3 is 2.65 bits per heavy atom. The molecule has 17 heavy (non-hydrogen) atoms. The van der Waals surface area contributed by atoms with Gasteiger partial charge in [-0.05, 0) is 31.6 Å². The molecule has 0 radical (unpaired) electrons. The summed E-state index contributed by atoms with van der Waals surface area (Å²) < 4.78 is 0. The Balaban J connectivity index is 2.72. The van der Waals surface area contributed by atoms with Gasteiger partial charge in [0.15, 0.2) is 0 Å². The van der Waals surface area contributed by atoms with Crippen LogP contribution in [0.3, 0.4) is 0 Å². The summed E-state index contributed by atoms with van der Waals surface area (Å²) in [4.78, 5) is 2.54. The van der Waals surface area contributed by atoms with E-state index in [0.717, 1.165) is 24.8 Å². The quantitative estimate of drug-likeness (QED) is 0.343. The van der Waals surface area contributed by atoms with Crippen LogP contribution in [0.15, 0.2) is 5.16 Å². The van der Waals surface area contributed by atoms with E-state index in [1.807, 2.05) is 0 Å². The molecule has 0 aromatic heterocycles. The van der Waals surface area contributed by atoms with E-state index in [-0.39, 0.29) is 0 Å². The molecule has 1 aliphatic heterocycles. The van der Waals surface area contributed by atoms with Crippen molar-refractivity contribution >= 4 is 5.84 Å². The standard InChI is InChI=1S/C13H27N3O/c1-5-12(7-13(14)15-17)16-8-9(2)6-10(3)11(16)4/h9-12,17H,5-8H2,1-4H3,(H2,14,15). The van der Waals surface area contributed by atoms with Crippen LogP contribution in [0.4, 0.5) is 0 Å². The number of oxime groups is 1. The Bertz CT molecular complexity index is 267. The summed E-state index contributed by atoms with van der Waals surface area (Å²) in [5, 5.41) is 11.8. The van der Waals surface area contributed by atoms with Crippen molar-refractivity contribution in [2.75, 3.05) is 6.54 Å². The zero-order chi connectivity index (χ0) is 13.0. The van der Waals surface area contributed by atoms with Gasteiger partial charge in [-0.25, -0.2) is 0 Å². The van der Waals surface area contributed by atoms with E-state index >= 15 is 0 Å². The Hall–Kier alpha value is -0.770. The smallest absolute Gasteiger partial charge is 0.140 e. The average molecular weight is 241 g/mol. The minimum absolute atomic E-state index is 0.343. The van der Waals surface area contributed by atoms with Crippen molar-refractivity contribution in [1.82, 2.24) is 4.90 Å². The Kier molecular flexibility index (Phi) is 5.25. The number of likely N-dealkylation sites (tertiary alicyclic amines) is 1. The van der Waals surface area contributed by atoms with Crippen LogP contribution in [-0.2, 0) is 0 Å². The summed E-state index contributed by atoms with van der Waals surface area (Å²) in [5.74, 6) is 1.80. The summed E-state index contributed by atoms with van der Waals surface area (Å²) in [6.45, 7) is 10.2. The van der Waals surface area contributed by atoms with Gasteiger partial charge >= 0.3 is 0 Å². The van der Waals surface area contributed by atoms with Gasteiger partial charge < -0.3 is 10.9 Å². The SMILES string of the molecule is CCC(CC(N)=NO)N1CC(C)CC(C)C1C. The molecule has 4 nitrogen and oxygen atoms in total. The summed E-state index contributed by atoms with van der Waals surface area (Å²) in [5.41, 5.74) is 5.64. The topological polar surface area (TPSA) is 61.9 Å². The molecule has 0 bridgehead atoms. The van der Waals surface area contributed by atoms with Crippen LogP contribution in [0.5, 0.6) is 0 Å². The first-order valence-electron chi connectivity index (χ1n) is 6.71. The van der Waals surface area contributed by atoms with Gasteiger partial charge in [0.05, 0.1) is 0 Å². The molecule has 1 saturated heterocycles. The van der Waals surface area contributed by atoms with Gasteiger partial charge in [0, 0.05) is 25.0 Å². The second kappa shape index (κ2) is 6.24. The molecule has 1 aliphatic rings. The lowest BCUT2D eigenvalue weighted by molar-refractivity contribution is 0.0407. The van der Waals surface area contributed by atoms with Crippen LogP contribution >= 0.6 is 0 Å². The first-order chi connectivity index (χ1) is 7.99. The minimum atomic E-state index is 0.343. The highest BCUT2D eigenvalue weighted by atomic mass is 16.4. The highest BCUT2D eigenvalue weighted by Gasteiger charge is 2.32. The van der Waals surface area contributed by atoms with Crippen molar-refractivity contribution in [2.45, 2.75) is 59.0 Å². The molecule has 0 spiro atoms. The Labute approximate surface area is 105 Å². The van der Waals surface area contributed by atoms with Crippen molar-refractivity contribution < 1.29 is 5.21 Å². The fraction of sp³-hybridized carbons (Fsp3) is 0.923. The lowest BCUT2D eigenvalue weighted by atomic mass is 9.84. The van der Waals surface area contributed by atoms with E-state index in [1.54, 1.807) is 0 Å². The third-order valence-electron chi connectivity index (χ3n) is 4.16. The van der Waals surface area contributed by atoms with Crippen molar-refractivity contribution in [3.63, 3.8) is 0 Å². The molecule has 100 valence electrons. The van der Waals surface area contributed by atoms with E-state index in [0.29, 0.717) is 24.3 Å². The summed E-state index contributed by atoms with van der Waals surface area (Å²) >= 11 is 0. The molecular weight excluding hydrogens is 214 g/mol. The van der Waals surface area contributed by atoms with Gasteiger partial charge in [0.1, 0.15) is 5.84 Å². The molecule has 0 aromatic carbocycles. The van der Waals surface area contributed by atoms with E-state index in [1.165, 1.54) is 6.42 Å². The normalized spacial score (nSPS) is 33.6. The number of hydrogen-bond donors (Lipinski definition) is 2. The molecule has 4 heteroatoms. The van der Waals surface area contributed by atoms with Gasteiger partial charge in [0.2, 0.25) is 0 Å². The Morgan fingerprint density at radius 2 is 2.12 bits per heavy atom. The zero-order valence-electron chi connectivity index (χ0n) is 11.6. The largest absolute Gasteiger partial charge is 0.409 e. The molecule has 0 aliphatic carbocycles. The molecule has 1 fully saturated rings. The van der Waals surface area contributed by atoms with Gasteiger partial charge in [-0.1, -0.05) is 25.9 Å². The molecule has 0 amide bonds. The second-order valence-electron chi connectivity index (χ2n) is 5.61. The third-order valence-corrected chi connectivity index (χ3v) is 4.16. The first kappa shape index (κ1) is 14.3. The van der Waals surface area contributed by atoms with Gasteiger partial charge in [-0.3, -0.25) is 4.90 Å². The number of hydrogen-bond acceptors (Lipinski definition) is 3. The summed E-state index contributed by atoms with van der Waals surface area (Å²) in [7, 11) is 0.